The molecule has 0 aromatic rings. The number of hydrogen-bond donors (Lipinski definition) is 2. The van der Waals surface area contributed by atoms with Crippen molar-refractivity contribution in [3.8, 4) is 0 Å². The molecule has 5 heteroatoms. The van der Waals surface area contributed by atoms with Gasteiger partial charge in [0.2, 0.25) is 5.91 Å². The first-order valence-electron chi connectivity index (χ1n) is 6.59. The molecule has 2 heterocycles. The van der Waals surface area contributed by atoms with Crippen LogP contribution < -0.4 is 11.1 Å². The van der Waals surface area contributed by atoms with E-state index >= 15 is 0 Å². The fourth-order valence-electron chi connectivity index (χ4n) is 2.44. The Morgan fingerprint density at radius 3 is 2.76 bits per heavy atom. The first-order chi connectivity index (χ1) is 8.24. The van der Waals surface area contributed by atoms with Gasteiger partial charge in [-0.25, -0.2) is 0 Å². The van der Waals surface area contributed by atoms with Gasteiger partial charge in [0.25, 0.3) is 0 Å². The number of amides is 1. The Balaban J connectivity index is 1.66. The van der Waals surface area contributed by atoms with Crippen LogP contribution in [0.1, 0.15) is 25.7 Å². The molecule has 0 saturated carbocycles. The van der Waals surface area contributed by atoms with Crippen LogP contribution in [-0.4, -0.2) is 54.0 Å². The molecule has 2 saturated heterocycles. The van der Waals surface area contributed by atoms with Crippen molar-refractivity contribution in [2.24, 2.45) is 5.73 Å². The van der Waals surface area contributed by atoms with E-state index in [2.05, 4.69) is 10.2 Å². The second-order valence-electron chi connectivity index (χ2n) is 5.10. The van der Waals surface area contributed by atoms with Gasteiger partial charge in [-0.05, 0) is 31.4 Å². The van der Waals surface area contributed by atoms with Crippen LogP contribution in [0.15, 0.2) is 0 Å². The van der Waals surface area contributed by atoms with Crippen LogP contribution in [0.4, 0.5) is 0 Å². The van der Waals surface area contributed by atoms with Crippen LogP contribution in [0, 0.1) is 0 Å². The number of thioether (sulfide) groups is 1. The van der Waals surface area contributed by atoms with Gasteiger partial charge in [-0.15, -0.1) is 0 Å². The molecule has 1 atom stereocenters. The molecule has 0 aliphatic carbocycles. The van der Waals surface area contributed by atoms with Crippen LogP contribution in [0.5, 0.6) is 0 Å². The van der Waals surface area contributed by atoms with Crippen LogP contribution in [-0.2, 0) is 4.79 Å². The summed E-state index contributed by atoms with van der Waals surface area (Å²) in [5.41, 5.74) is 5.85. The van der Waals surface area contributed by atoms with Gasteiger partial charge in [0.15, 0.2) is 0 Å². The largest absolute Gasteiger partial charge is 0.351 e. The Bertz CT molecular complexity index is 248. The van der Waals surface area contributed by atoms with Gasteiger partial charge in [-0.2, -0.15) is 11.8 Å². The van der Waals surface area contributed by atoms with Crippen molar-refractivity contribution >= 4 is 17.7 Å². The highest BCUT2D eigenvalue weighted by atomic mass is 32.2. The summed E-state index contributed by atoms with van der Waals surface area (Å²) in [6.07, 6.45) is 4.41. The van der Waals surface area contributed by atoms with Crippen LogP contribution in [0.3, 0.4) is 0 Å². The molecule has 2 fully saturated rings. The van der Waals surface area contributed by atoms with E-state index in [0.717, 1.165) is 38.1 Å². The third kappa shape index (κ3) is 4.48. The fraction of sp³-hybridized carbons (Fsp3) is 0.917. The summed E-state index contributed by atoms with van der Waals surface area (Å²) in [6, 6.07) is 0.734. The van der Waals surface area contributed by atoms with E-state index in [0.29, 0.717) is 18.6 Å². The number of nitrogens with two attached hydrogens (primary N) is 1. The normalized spacial score (nSPS) is 27.9. The average molecular weight is 257 g/mol. The average Bonchev–Trinajstić information content (AvgIpc) is 2.33. The van der Waals surface area contributed by atoms with Crippen molar-refractivity contribution in [1.29, 1.82) is 0 Å². The van der Waals surface area contributed by atoms with E-state index in [4.69, 9.17) is 5.73 Å². The van der Waals surface area contributed by atoms with Crippen LogP contribution in [0.25, 0.3) is 0 Å². The lowest BCUT2D eigenvalue weighted by atomic mass is 10.1. The van der Waals surface area contributed by atoms with Crippen molar-refractivity contribution < 1.29 is 4.79 Å². The topological polar surface area (TPSA) is 58.4 Å². The molecule has 98 valence electrons. The molecule has 2 aliphatic rings. The summed E-state index contributed by atoms with van der Waals surface area (Å²) in [4.78, 5) is 14.1. The van der Waals surface area contributed by atoms with E-state index in [1.165, 1.54) is 12.2 Å². The number of carbonyl (C=O) groups is 1. The molecule has 0 aromatic carbocycles. The van der Waals surface area contributed by atoms with E-state index in [1.807, 2.05) is 11.8 Å². The number of likely N-dealkylation sites (tertiary alicyclic amines) is 1. The summed E-state index contributed by atoms with van der Waals surface area (Å²) in [5, 5.41) is 3.14. The monoisotopic (exact) mass is 257 g/mol. The summed E-state index contributed by atoms with van der Waals surface area (Å²) in [7, 11) is 0. The Morgan fingerprint density at radius 1 is 1.35 bits per heavy atom. The van der Waals surface area contributed by atoms with E-state index in [9.17, 15) is 4.79 Å². The molecule has 0 bridgehead atoms. The van der Waals surface area contributed by atoms with Crippen molar-refractivity contribution in [3.63, 3.8) is 0 Å². The zero-order chi connectivity index (χ0) is 12.1. The highest BCUT2D eigenvalue weighted by Gasteiger charge is 2.20. The minimum absolute atomic E-state index is 0.188. The molecule has 2 aliphatic heterocycles. The molecule has 2 rings (SSSR count). The maximum Gasteiger partial charge on any atom is 0.234 e. The first kappa shape index (κ1) is 13.2. The molecule has 0 aromatic heterocycles. The lowest BCUT2D eigenvalue weighted by Gasteiger charge is -2.30. The number of rotatable bonds is 3. The second-order valence-corrected chi connectivity index (χ2v) is 6.24. The molecule has 0 radical (unpaired) electrons. The Morgan fingerprint density at radius 2 is 2.12 bits per heavy atom. The summed E-state index contributed by atoms with van der Waals surface area (Å²) in [5.74, 6) is 2.51. The SMILES string of the molecule is NC1CCN(CC(=O)NC2CCCSC2)CC1. The zero-order valence-electron chi connectivity index (χ0n) is 10.4. The van der Waals surface area contributed by atoms with Crippen molar-refractivity contribution in [1.82, 2.24) is 10.2 Å². The Labute approximate surface area is 108 Å². The maximum atomic E-state index is 11.9. The Kier molecular flexibility index (Phi) is 5.13. The first-order valence-corrected chi connectivity index (χ1v) is 7.74. The molecule has 3 N–H and O–H groups in total. The lowest BCUT2D eigenvalue weighted by molar-refractivity contribution is -0.123. The minimum atomic E-state index is 0.188. The predicted octanol–water partition coefficient (Wildman–Crippen LogP) is 0.421. The lowest BCUT2D eigenvalue weighted by Crippen LogP contribution is -2.47. The summed E-state index contributed by atoms with van der Waals surface area (Å²) in [6.45, 7) is 2.48. The Hall–Kier alpha value is -0.260. The van der Waals surface area contributed by atoms with Gasteiger partial charge in [0.1, 0.15) is 0 Å². The standard InChI is InChI=1S/C12H23N3OS/c13-10-3-5-15(6-4-10)8-12(16)14-11-2-1-7-17-9-11/h10-11H,1-9,13H2,(H,14,16). The quantitative estimate of drug-likeness (QED) is 0.769. The van der Waals surface area contributed by atoms with Gasteiger partial charge in [-0.1, -0.05) is 0 Å². The van der Waals surface area contributed by atoms with Crippen molar-refractivity contribution in [2.45, 2.75) is 37.8 Å². The van der Waals surface area contributed by atoms with Gasteiger partial charge in [0.05, 0.1) is 6.54 Å². The maximum absolute atomic E-state index is 11.9. The van der Waals surface area contributed by atoms with E-state index in [-0.39, 0.29) is 5.91 Å². The number of piperidine rings is 1. The molecular formula is C12H23N3OS. The smallest absolute Gasteiger partial charge is 0.234 e. The summed E-state index contributed by atoms with van der Waals surface area (Å²) >= 11 is 1.95. The van der Waals surface area contributed by atoms with Crippen molar-refractivity contribution in [2.75, 3.05) is 31.1 Å². The van der Waals surface area contributed by atoms with Crippen LogP contribution in [0.2, 0.25) is 0 Å². The zero-order valence-corrected chi connectivity index (χ0v) is 11.2. The fourth-order valence-corrected chi connectivity index (χ4v) is 3.51. The number of nitrogens with one attached hydrogen (secondary N) is 1. The summed E-state index contributed by atoms with van der Waals surface area (Å²) < 4.78 is 0. The van der Waals surface area contributed by atoms with Gasteiger partial charge < -0.3 is 11.1 Å². The highest BCUT2D eigenvalue weighted by Crippen LogP contribution is 2.16. The number of nitrogens with zero attached hydrogens (tertiary/aromatic N) is 1. The minimum Gasteiger partial charge on any atom is -0.351 e. The van der Waals surface area contributed by atoms with Gasteiger partial charge in [-0.3, -0.25) is 9.69 Å². The van der Waals surface area contributed by atoms with Gasteiger partial charge in [0, 0.05) is 30.9 Å². The van der Waals surface area contributed by atoms with E-state index in [1.54, 1.807) is 0 Å². The number of hydrogen-bond acceptors (Lipinski definition) is 4. The van der Waals surface area contributed by atoms with E-state index < -0.39 is 0 Å². The second kappa shape index (κ2) is 6.61. The predicted molar refractivity (Wildman–Crippen MR) is 72.1 cm³/mol. The van der Waals surface area contributed by atoms with Gasteiger partial charge >= 0.3 is 0 Å². The molecule has 1 unspecified atom stereocenters. The molecule has 0 spiro atoms. The van der Waals surface area contributed by atoms with Crippen LogP contribution >= 0.6 is 11.8 Å². The molecule has 1 amide bonds. The molecule has 17 heavy (non-hydrogen) atoms. The third-order valence-corrected chi connectivity index (χ3v) is 4.74. The third-order valence-electron chi connectivity index (χ3n) is 3.52. The highest BCUT2D eigenvalue weighted by molar-refractivity contribution is 7.99. The molecule has 4 nitrogen and oxygen atoms in total. The molecular weight excluding hydrogens is 234 g/mol. The van der Waals surface area contributed by atoms with Crippen molar-refractivity contribution in [3.05, 3.63) is 0 Å². The number of carbonyl (C=O) groups excluding carboxylic acids is 1.